The molecule has 0 saturated carbocycles. The lowest BCUT2D eigenvalue weighted by atomic mass is 10.2. The highest BCUT2D eigenvalue weighted by Crippen LogP contribution is 2.19. The van der Waals surface area contributed by atoms with Crippen LogP contribution in [0.2, 0.25) is 0 Å². The summed E-state index contributed by atoms with van der Waals surface area (Å²) < 4.78 is 13.0. The Bertz CT molecular complexity index is 412. The van der Waals surface area contributed by atoms with Crippen molar-refractivity contribution in [3.05, 3.63) is 24.0 Å². The third kappa shape index (κ3) is 5.37. The van der Waals surface area contributed by atoms with Crippen molar-refractivity contribution in [3.63, 3.8) is 0 Å². The molecule has 1 amide bonds. The number of hydrogen-bond acceptors (Lipinski definition) is 4. The standard InChI is InChI=1S/C12H18FN3OS/c1-16(2)5-6-18-8-12(17)15-11-7-9(13)3-4-10(11)14/h3-4,7H,5-6,8,14H2,1-2H3,(H,15,17). The monoisotopic (exact) mass is 271 g/mol. The van der Waals surface area contributed by atoms with Crippen LogP contribution in [-0.2, 0) is 4.79 Å². The Hall–Kier alpha value is -1.27. The number of benzene rings is 1. The van der Waals surface area contributed by atoms with Crippen LogP contribution in [0.3, 0.4) is 0 Å². The molecule has 0 aliphatic heterocycles. The van der Waals surface area contributed by atoms with Crippen LogP contribution in [0, 0.1) is 5.82 Å². The molecule has 1 rings (SSSR count). The fraction of sp³-hybridized carbons (Fsp3) is 0.417. The minimum atomic E-state index is -0.417. The van der Waals surface area contributed by atoms with Gasteiger partial charge in [0.15, 0.2) is 0 Å². The quantitative estimate of drug-likeness (QED) is 0.610. The van der Waals surface area contributed by atoms with Crippen LogP contribution in [0.1, 0.15) is 0 Å². The fourth-order valence-corrected chi connectivity index (χ4v) is 2.13. The third-order valence-electron chi connectivity index (χ3n) is 2.21. The number of nitrogens with zero attached hydrogens (tertiary/aromatic N) is 1. The zero-order chi connectivity index (χ0) is 13.5. The van der Waals surface area contributed by atoms with E-state index in [-0.39, 0.29) is 5.91 Å². The molecule has 18 heavy (non-hydrogen) atoms. The lowest BCUT2D eigenvalue weighted by Crippen LogP contribution is -2.18. The molecule has 0 spiro atoms. The molecule has 0 unspecified atom stereocenters. The molecule has 0 bridgehead atoms. The van der Waals surface area contributed by atoms with E-state index < -0.39 is 5.82 Å². The van der Waals surface area contributed by atoms with E-state index in [2.05, 4.69) is 10.2 Å². The predicted molar refractivity (Wildman–Crippen MR) is 75.3 cm³/mol. The molecule has 3 N–H and O–H groups in total. The van der Waals surface area contributed by atoms with Crippen molar-refractivity contribution in [2.75, 3.05) is 43.2 Å². The molecule has 1 aromatic carbocycles. The summed E-state index contributed by atoms with van der Waals surface area (Å²) in [6, 6.07) is 3.92. The van der Waals surface area contributed by atoms with Crippen LogP contribution in [0.15, 0.2) is 18.2 Å². The van der Waals surface area contributed by atoms with Crippen molar-refractivity contribution in [2.24, 2.45) is 0 Å². The highest BCUT2D eigenvalue weighted by molar-refractivity contribution is 7.99. The number of halogens is 1. The van der Waals surface area contributed by atoms with Crippen LogP contribution in [-0.4, -0.2) is 43.0 Å². The van der Waals surface area contributed by atoms with Crippen molar-refractivity contribution in [1.82, 2.24) is 4.90 Å². The van der Waals surface area contributed by atoms with Crippen molar-refractivity contribution >= 4 is 29.0 Å². The molecule has 0 aliphatic rings. The van der Waals surface area contributed by atoms with E-state index in [0.717, 1.165) is 12.3 Å². The second-order valence-electron chi connectivity index (χ2n) is 4.14. The highest BCUT2D eigenvalue weighted by atomic mass is 32.2. The molecular weight excluding hydrogens is 253 g/mol. The van der Waals surface area contributed by atoms with Gasteiger partial charge in [-0.3, -0.25) is 4.79 Å². The van der Waals surface area contributed by atoms with Gasteiger partial charge in [-0.15, -0.1) is 0 Å². The van der Waals surface area contributed by atoms with Crippen molar-refractivity contribution < 1.29 is 9.18 Å². The van der Waals surface area contributed by atoms with Crippen LogP contribution in [0.5, 0.6) is 0 Å². The number of nitrogens with one attached hydrogen (secondary N) is 1. The lowest BCUT2D eigenvalue weighted by molar-refractivity contribution is -0.113. The van der Waals surface area contributed by atoms with E-state index >= 15 is 0 Å². The first-order chi connectivity index (χ1) is 8.49. The van der Waals surface area contributed by atoms with Crippen LogP contribution in [0.25, 0.3) is 0 Å². The van der Waals surface area contributed by atoms with Gasteiger partial charge in [-0.1, -0.05) is 0 Å². The summed E-state index contributed by atoms with van der Waals surface area (Å²) in [6.45, 7) is 0.917. The summed E-state index contributed by atoms with van der Waals surface area (Å²) in [4.78, 5) is 13.6. The van der Waals surface area contributed by atoms with Crippen molar-refractivity contribution in [2.45, 2.75) is 0 Å². The second kappa shape index (κ2) is 7.23. The third-order valence-corrected chi connectivity index (χ3v) is 3.14. The number of carbonyl (C=O) groups is 1. The Balaban J connectivity index is 2.38. The molecular formula is C12H18FN3OS. The largest absolute Gasteiger partial charge is 0.397 e. The van der Waals surface area contributed by atoms with Gasteiger partial charge in [0.2, 0.25) is 5.91 Å². The van der Waals surface area contributed by atoms with Gasteiger partial charge in [-0.05, 0) is 32.3 Å². The number of carbonyl (C=O) groups excluding carboxylic acids is 1. The van der Waals surface area contributed by atoms with E-state index in [1.165, 1.54) is 30.0 Å². The van der Waals surface area contributed by atoms with Gasteiger partial charge < -0.3 is 16.0 Å². The Morgan fingerprint density at radius 2 is 2.22 bits per heavy atom. The van der Waals surface area contributed by atoms with Gasteiger partial charge in [0.1, 0.15) is 5.82 Å². The van der Waals surface area contributed by atoms with Gasteiger partial charge in [0.25, 0.3) is 0 Å². The molecule has 0 aliphatic carbocycles. The minimum absolute atomic E-state index is 0.170. The fourth-order valence-electron chi connectivity index (χ4n) is 1.24. The van der Waals surface area contributed by atoms with Gasteiger partial charge in [0.05, 0.1) is 17.1 Å². The normalized spacial score (nSPS) is 10.7. The molecule has 0 aromatic heterocycles. The Kier molecular flexibility index (Phi) is 5.94. The molecule has 1 aromatic rings. The average Bonchev–Trinajstić information content (AvgIpc) is 2.29. The predicted octanol–water partition coefficient (Wildman–Crippen LogP) is 1.64. The topological polar surface area (TPSA) is 58.4 Å². The number of nitrogen functional groups attached to an aromatic ring is 1. The summed E-state index contributed by atoms with van der Waals surface area (Å²) in [6.07, 6.45) is 0. The molecule has 0 fully saturated rings. The molecule has 0 saturated heterocycles. The number of hydrogen-bond donors (Lipinski definition) is 2. The summed E-state index contributed by atoms with van der Waals surface area (Å²) in [5.74, 6) is 0.624. The number of nitrogens with two attached hydrogens (primary N) is 1. The van der Waals surface area contributed by atoms with Gasteiger partial charge >= 0.3 is 0 Å². The van der Waals surface area contributed by atoms with Crippen LogP contribution in [0.4, 0.5) is 15.8 Å². The van der Waals surface area contributed by atoms with Crippen LogP contribution < -0.4 is 11.1 Å². The molecule has 4 nitrogen and oxygen atoms in total. The molecule has 0 heterocycles. The van der Waals surface area contributed by atoms with Crippen molar-refractivity contribution in [3.8, 4) is 0 Å². The smallest absolute Gasteiger partial charge is 0.234 e. The highest BCUT2D eigenvalue weighted by Gasteiger charge is 2.06. The zero-order valence-electron chi connectivity index (χ0n) is 10.6. The number of amides is 1. The van der Waals surface area contributed by atoms with E-state index in [4.69, 9.17) is 5.73 Å². The molecule has 100 valence electrons. The van der Waals surface area contributed by atoms with Gasteiger partial charge in [0, 0.05) is 12.3 Å². The number of rotatable bonds is 6. The van der Waals surface area contributed by atoms with E-state index in [0.29, 0.717) is 17.1 Å². The Labute approximate surface area is 111 Å². The first kappa shape index (κ1) is 14.8. The SMILES string of the molecule is CN(C)CCSCC(=O)Nc1cc(F)ccc1N. The lowest BCUT2D eigenvalue weighted by Gasteiger charge is -2.10. The van der Waals surface area contributed by atoms with E-state index in [1.54, 1.807) is 0 Å². The Morgan fingerprint density at radius 1 is 1.50 bits per heavy atom. The van der Waals surface area contributed by atoms with Crippen molar-refractivity contribution in [1.29, 1.82) is 0 Å². The zero-order valence-corrected chi connectivity index (χ0v) is 11.4. The first-order valence-electron chi connectivity index (χ1n) is 5.56. The van der Waals surface area contributed by atoms with E-state index in [9.17, 15) is 9.18 Å². The maximum atomic E-state index is 13.0. The molecule has 0 atom stereocenters. The number of thioether (sulfide) groups is 1. The minimum Gasteiger partial charge on any atom is -0.397 e. The number of anilines is 2. The first-order valence-corrected chi connectivity index (χ1v) is 6.72. The van der Waals surface area contributed by atoms with E-state index in [1.807, 2.05) is 14.1 Å². The molecule has 6 heteroatoms. The summed E-state index contributed by atoms with van der Waals surface area (Å²) in [7, 11) is 3.96. The molecule has 0 radical (unpaired) electrons. The van der Waals surface area contributed by atoms with Gasteiger partial charge in [-0.2, -0.15) is 11.8 Å². The summed E-state index contributed by atoms with van der Waals surface area (Å²) in [5, 5.41) is 2.60. The maximum absolute atomic E-state index is 13.0. The Morgan fingerprint density at radius 3 is 2.89 bits per heavy atom. The second-order valence-corrected chi connectivity index (χ2v) is 5.24. The maximum Gasteiger partial charge on any atom is 0.234 e. The summed E-state index contributed by atoms with van der Waals surface area (Å²) >= 11 is 1.53. The summed E-state index contributed by atoms with van der Waals surface area (Å²) in [5.41, 5.74) is 6.33. The average molecular weight is 271 g/mol. The van der Waals surface area contributed by atoms with Gasteiger partial charge in [-0.25, -0.2) is 4.39 Å². The van der Waals surface area contributed by atoms with Crippen LogP contribution >= 0.6 is 11.8 Å².